The zero-order chi connectivity index (χ0) is 10.6. The van der Waals surface area contributed by atoms with Gasteiger partial charge in [-0.1, -0.05) is 0 Å². The molecule has 1 aliphatic heterocycles. The Morgan fingerprint density at radius 2 is 2.20 bits per heavy atom. The highest BCUT2D eigenvalue weighted by Gasteiger charge is 2.44. The summed E-state index contributed by atoms with van der Waals surface area (Å²) in [6.07, 6.45) is 2.26. The summed E-state index contributed by atoms with van der Waals surface area (Å²) in [6.45, 7) is 0. The van der Waals surface area contributed by atoms with Crippen molar-refractivity contribution in [2.75, 3.05) is 11.9 Å². The minimum absolute atomic E-state index is 0.250. The summed E-state index contributed by atoms with van der Waals surface area (Å²) in [5.74, 6) is 0.763. The van der Waals surface area contributed by atoms with Crippen molar-refractivity contribution in [3.8, 4) is 5.75 Å². The maximum atomic E-state index is 9.53. The van der Waals surface area contributed by atoms with Crippen LogP contribution in [0.2, 0.25) is 0 Å². The molecule has 3 N–H and O–H groups in total. The highest BCUT2D eigenvalue weighted by atomic mass is 16.3. The summed E-state index contributed by atoms with van der Waals surface area (Å²) in [4.78, 5) is 2.31. The molecular weight excluding hydrogens is 188 g/mol. The maximum Gasteiger partial charge on any atom is 0.116 e. The molecule has 0 spiro atoms. The Morgan fingerprint density at radius 1 is 1.40 bits per heavy atom. The third kappa shape index (κ3) is 1.10. The van der Waals surface area contributed by atoms with E-state index in [4.69, 9.17) is 5.73 Å². The van der Waals surface area contributed by atoms with Crippen molar-refractivity contribution in [1.29, 1.82) is 0 Å². The number of phenolic OH excluding ortho intramolecular Hbond substituents is 1. The molecule has 3 atom stereocenters. The quantitative estimate of drug-likeness (QED) is 0.672. The van der Waals surface area contributed by atoms with Crippen LogP contribution in [0.15, 0.2) is 18.2 Å². The number of nitrogens with zero attached hydrogens (tertiary/aromatic N) is 1. The molecule has 1 aromatic carbocycles. The first kappa shape index (κ1) is 9.04. The fourth-order valence-electron chi connectivity index (χ4n) is 3.19. The molecule has 0 bridgehead atoms. The Hall–Kier alpha value is -1.22. The molecular formula is C12H16N2O. The topological polar surface area (TPSA) is 49.5 Å². The second-order valence-corrected chi connectivity index (χ2v) is 4.69. The minimum atomic E-state index is 0.250. The molecule has 0 amide bonds. The standard InChI is InChI=1S/C12H16N2O/c1-14-10-4-2-7(15)6-8(10)12-9(13)3-5-11(12)14/h2,4,6,9,11-12,15H,3,5,13H2,1H3. The molecule has 1 heterocycles. The number of hydrogen-bond acceptors (Lipinski definition) is 3. The summed E-state index contributed by atoms with van der Waals surface area (Å²) in [5.41, 5.74) is 8.60. The number of likely N-dealkylation sites (N-methyl/N-ethyl adjacent to an activating group) is 1. The first-order valence-electron chi connectivity index (χ1n) is 5.50. The number of nitrogens with two attached hydrogens (primary N) is 1. The Morgan fingerprint density at radius 3 is 3.00 bits per heavy atom. The monoisotopic (exact) mass is 204 g/mol. The van der Waals surface area contributed by atoms with E-state index in [1.807, 2.05) is 12.1 Å². The van der Waals surface area contributed by atoms with Gasteiger partial charge in [-0.25, -0.2) is 0 Å². The van der Waals surface area contributed by atoms with Crippen LogP contribution in [0.25, 0.3) is 0 Å². The summed E-state index contributed by atoms with van der Waals surface area (Å²) in [6, 6.07) is 6.41. The average molecular weight is 204 g/mol. The fraction of sp³-hybridized carbons (Fsp3) is 0.500. The van der Waals surface area contributed by atoms with Crippen LogP contribution in [-0.4, -0.2) is 24.2 Å². The average Bonchev–Trinajstić information content (AvgIpc) is 2.70. The summed E-state index contributed by atoms with van der Waals surface area (Å²) >= 11 is 0. The van der Waals surface area contributed by atoms with E-state index in [-0.39, 0.29) is 6.04 Å². The van der Waals surface area contributed by atoms with Crippen LogP contribution < -0.4 is 10.6 Å². The van der Waals surface area contributed by atoms with Crippen molar-refractivity contribution in [2.45, 2.75) is 30.8 Å². The van der Waals surface area contributed by atoms with Gasteiger partial charge in [-0.3, -0.25) is 0 Å². The predicted molar refractivity (Wildman–Crippen MR) is 60.2 cm³/mol. The van der Waals surface area contributed by atoms with Crippen molar-refractivity contribution >= 4 is 5.69 Å². The molecule has 1 saturated carbocycles. The first-order valence-corrected chi connectivity index (χ1v) is 5.50. The molecule has 3 unspecified atom stereocenters. The van der Waals surface area contributed by atoms with E-state index in [1.54, 1.807) is 6.07 Å². The Labute approximate surface area is 89.5 Å². The molecule has 3 heteroatoms. The molecule has 0 aromatic heterocycles. The zero-order valence-corrected chi connectivity index (χ0v) is 8.85. The van der Waals surface area contributed by atoms with Gasteiger partial charge in [0.1, 0.15) is 5.75 Å². The van der Waals surface area contributed by atoms with Crippen LogP contribution >= 0.6 is 0 Å². The van der Waals surface area contributed by atoms with E-state index in [9.17, 15) is 5.11 Å². The van der Waals surface area contributed by atoms with E-state index < -0.39 is 0 Å². The van der Waals surface area contributed by atoms with Crippen LogP contribution in [0, 0.1) is 0 Å². The smallest absolute Gasteiger partial charge is 0.116 e. The molecule has 3 nitrogen and oxygen atoms in total. The lowest BCUT2D eigenvalue weighted by atomic mass is 9.94. The van der Waals surface area contributed by atoms with E-state index >= 15 is 0 Å². The fourth-order valence-corrected chi connectivity index (χ4v) is 3.19. The van der Waals surface area contributed by atoms with E-state index in [0.717, 1.165) is 12.8 Å². The van der Waals surface area contributed by atoms with Gasteiger partial charge < -0.3 is 15.7 Å². The highest BCUT2D eigenvalue weighted by Crippen LogP contribution is 2.48. The molecule has 1 fully saturated rings. The van der Waals surface area contributed by atoms with Crippen LogP contribution in [0.5, 0.6) is 5.75 Å². The molecule has 15 heavy (non-hydrogen) atoms. The molecule has 2 aliphatic rings. The molecule has 0 radical (unpaired) electrons. The van der Waals surface area contributed by atoms with Gasteiger partial charge >= 0.3 is 0 Å². The lowest BCUT2D eigenvalue weighted by Crippen LogP contribution is -2.31. The number of fused-ring (bicyclic) bond motifs is 3. The maximum absolute atomic E-state index is 9.53. The van der Waals surface area contributed by atoms with Gasteiger partial charge in [0.2, 0.25) is 0 Å². The Kier molecular flexibility index (Phi) is 1.74. The van der Waals surface area contributed by atoms with Crippen molar-refractivity contribution in [2.24, 2.45) is 5.73 Å². The third-order valence-electron chi connectivity index (χ3n) is 3.92. The largest absolute Gasteiger partial charge is 0.508 e. The Balaban J connectivity index is 2.13. The van der Waals surface area contributed by atoms with Crippen LogP contribution in [0.1, 0.15) is 24.3 Å². The van der Waals surface area contributed by atoms with Gasteiger partial charge in [0, 0.05) is 30.7 Å². The van der Waals surface area contributed by atoms with Crippen molar-refractivity contribution in [1.82, 2.24) is 0 Å². The molecule has 3 rings (SSSR count). The van der Waals surface area contributed by atoms with Gasteiger partial charge in [0.15, 0.2) is 0 Å². The number of phenols is 1. The van der Waals surface area contributed by atoms with Crippen molar-refractivity contribution < 1.29 is 5.11 Å². The zero-order valence-electron chi connectivity index (χ0n) is 8.85. The predicted octanol–water partition coefficient (Wildman–Crippen LogP) is 1.42. The lowest BCUT2D eigenvalue weighted by Gasteiger charge is -2.21. The number of rotatable bonds is 0. The van der Waals surface area contributed by atoms with Crippen LogP contribution in [0.3, 0.4) is 0 Å². The number of hydrogen-bond donors (Lipinski definition) is 2. The van der Waals surface area contributed by atoms with E-state index in [2.05, 4.69) is 11.9 Å². The van der Waals surface area contributed by atoms with E-state index in [1.165, 1.54) is 11.3 Å². The number of anilines is 1. The SMILES string of the molecule is CN1c2ccc(O)cc2C2C(N)CCC21. The summed E-state index contributed by atoms with van der Waals surface area (Å²) in [5, 5.41) is 9.53. The number of aromatic hydroxyl groups is 1. The first-order chi connectivity index (χ1) is 7.18. The normalized spacial score (nSPS) is 32.9. The van der Waals surface area contributed by atoms with Gasteiger partial charge in [0.25, 0.3) is 0 Å². The summed E-state index contributed by atoms with van der Waals surface area (Å²) in [7, 11) is 2.12. The third-order valence-corrected chi connectivity index (χ3v) is 3.92. The van der Waals surface area contributed by atoms with Gasteiger partial charge in [-0.15, -0.1) is 0 Å². The van der Waals surface area contributed by atoms with Gasteiger partial charge in [0.05, 0.1) is 0 Å². The van der Waals surface area contributed by atoms with Crippen LogP contribution in [0.4, 0.5) is 5.69 Å². The second kappa shape index (κ2) is 2.89. The number of benzene rings is 1. The molecule has 1 aromatic rings. The second-order valence-electron chi connectivity index (χ2n) is 4.69. The van der Waals surface area contributed by atoms with Crippen molar-refractivity contribution in [3.63, 3.8) is 0 Å². The summed E-state index contributed by atoms with van der Waals surface area (Å²) < 4.78 is 0. The molecule has 0 saturated heterocycles. The molecule has 80 valence electrons. The lowest BCUT2D eigenvalue weighted by molar-refractivity contribution is 0.473. The highest BCUT2D eigenvalue weighted by molar-refractivity contribution is 5.64. The molecule has 1 aliphatic carbocycles. The van der Waals surface area contributed by atoms with Crippen LogP contribution in [-0.2, 0) is 0 Å². The van der Waals surface area contributed by atoms with Gasteiger partial charge in [-0.2, -0.15) is 0 Å². The van der Waals surface area contributed by atoms with Gasteiger partial charge in [-0.05, 0) is 36.6 Å². The van der Waals surface area contributed by atoms with E-state index in [0.29, 0.717) is 17.7 Å². The Bertz CT molecular complexity index is 405. The van der Waals surface area contributed by atoms with Crippen molar-refractivity contribution in [3.05, 3.63) is 23.8 Å². The minimum Gasteiger partial charge on any atom is -0.508 e.